The highest BCUT2D eigenvalue weighted by atomic mass is 16.5. The molecular formula is C43H76O3. The van der Waals surface area contributed by atoms with Gasteiger partial charge in [-0.1, -0.05) is 162 Å². The van der Waals surface area contributed by atoms with Gasteiger partial charge in [-0.05, 0) is 76.5 Å². The Labute approximate surface area is 286 Å². The van der Waals surface area contributed by atoms with Crippen molar-refractivity contribution in [1.29, 1.82) is 0 Å². The third-order valence-corrected chi connectivity index (χ3v) is 10.8. The first-order valence-corrected chi connectivity index (χ1v) is 20.3. The van der Waals surface area contributed by atoms with Gasteiger partial charge in [0, 0.05) is 12.0 Å². The van der Waals surface area contributed by atoms with E-state index < -0.39 is 0 Å². The molecule has 0 amide bonds. The third kappa shape index (κ3) is 16.1. The molecule has 0 aromatic heterocycles. The number of benzene rings is 1. The Kier molecular flexibility index (Phi) is 21.8. The summed E-state index contributed by atoms with van der Waals surface area (Å²) < 4.78 is 12.8. The number of unbranched alkanes of at least 4 members (excludes halogenated alkanes) is 23. The Morgan fingerprint density at radius 3 is 1.46 bits per heavy atom. The number of hydrogen-bond acceptors (Lipinski definition) is 3. The minimum absolute atomic E-state index is 0.0826. The lowest BCUT2D eigenvalue weighted by atomic mass is 9.84. The van der Waals surface area contributed by atoms with Crippen molar-refractivity contribution < 1.29 is 14.3 Å². The Balaban J connectivity index is 1.65. The molecule has 0 saturated carbocycles. The SMILES string of the molecule is CCCCCCCCCCCCCCCC[C@@]1(C)CCc2c(C)c(OC(=O)CCCCCCCCCCCCC)c(C)c(C)c2O1. The molecule has 0 spiro atoms. The van der Waals surface area contributed by atoms with Crippen LogP contribution < -0.4 is 9.47 Å². The molecule has 1 heterocycles. The van der Waals surface area contributed by atoms with Crippen LogP contribution in [-0.4, -0.2) is 11.6 Å². The quantitative estimate of drug-likeness (QED) is 0.0519. The first kappa shape index (κ1) is 40.7. The Hall–Kier alpha value is -1.51. The zero-order chi connectivity index (χ0) is 33.5. The standard InChI is InChI=1S/C43H76O3/c1-7-9-11-13-15-17-19-20-21-23-25-27-29-31-34-43(6)35-33-39-38(5)41(36(3)37(4)42(39)46-43)45-40(44)32-30-28-26-24-22-18-16-14-12-10-8-2/h7-35H2,1-6H3/t43-/m0/s1. The van der Waals surface area contributed by atoms with Gasteiger partial charge in [0.05, 0.1) is 0 Å². The minimum atomic E-state index is -0.0962. The highest BCUT2D eigenvalue weighted by Crippen LogP contribution is 2.45. The fourth-order valence-corrected chi connectivity index (χ4v) is 7.40. The smallest absolute Gasteiger partial charge is 0.311 e. The van der Waals surface area contributed by atoms with E-state index in [4.69, 9.17) is 9.47 Å². The molecule has 1 aliphatic rings. The average molecular weight is 641 g/mol. The van der Waals surface area contributed by atoms with Crippen molar-refractivity contribution in [3.8, 4) is 11.5 Å². The molecule has 1 atom stereocenters. The predicted octanol–water partition coefficient (Wildman–Crippen LogP) is 14.2. The Morgan fingerprint density at radius 2 is 1.00 bits per heavy atom. The van der Waals surface area contributed by atoms with Gasteiger partial charge in [-0.15, -0.1) is 0 Å². The van der Waals surface area contributed by atoms with Gasteiger partial charge in [-0.2, -0.15) is 0 Å². The minimum Gasteiger partial charge on any atom is -0.487 e. The predicted molar refractivity (Wildman–Crippen MR) is 200 cm³/mol. The van der Waals surface area contributed by atoms with Crippen molar-refractivity contribution in [1.82, 2.24) is 0 Å². The second-order valence-corrected chi connectivity index (χ2v) is 15.2. The highest BCUT2D eigenvalue weighted by Gasteiger charge is 2.34. The van der Waals surface area contributed by atoms with Crippen LogP contribution in [-0.2, 0) is 11.2 Å². The van der Waals surface area contributed by atoms with E-state index in [1.807, 2.05) is 0 Å². The number of carbonyl (C=O) groups excluding carboxylic acids is 1. The summed E-state index contributed by atoms with van der Waals surface area (Å²) in [7, 11) is 0. The van der Waals surface area contributed by atoms with Gasteiger partial charge >= 0.3 is 5.97 Å². The Morgan fingerprint density at radius 1 is 0.587 bits per heavy atom. The number of rotatable bonds is 28. The van der Waals surface area contributed by atoms with Crippen LogP contribution in [0.4, 0.5) is 0 Å². The number of hydrogen-bond donors (Lipinski definition) is 0. The summed E-state index contributed by atoms with van der Waals surface area (Å²) in [6.07, 6.45) is 37.3. The summed E-state index contributed by atoms with van der Waals surface area (Å²) in [6, 6.07) is 0. The molecule has 0 radical (unpaired) electrons. The molecule has 0 saturated heterocycles. The largest absolute Gasteiger partial charge is 0.487 e. The summed E-state index contributed by atoms with van der Waals surface area (Å²) in [5.74, 6) is 1.75. The molecule has 3 nitrogen and oxygen atoms in total. The van der Waals surface area contributed by atoms with Crippen molar-refractivity contribution in [2.24, 2.45) is 0 Å². The molecule has 0 unspecified atom stereocenters. The number of ether oxygens (including phenoxy) is 2. The molecular weight excluding hydrogens is 564 g/mol. The first-order chi connectivity index (χ1) is 22.3. The van der Waals surface area contributed by atoms with Crippen LogP contribution in [0, 0.1) is 20.8 Å². The molecule has 46 heavy (non-hydrogen) atoms. The fraction of sp³-hybridized carbons (Fsp3) is 0.837. The highest BCUT2D eigenvalue weighted by molar-refractivity contribution is 5.74. The van der Waals surface area contributed by atoms with Crippen LogP contribution in [0.3, 0.4) is 0 Å². The summed E-state index contributed by atoms with van der Waals surface area (Å²) in [5.41, 5.74) is 4.46. The molecule has 1 aromatic carbocycles. The average Bonchev–Trinajstić information content (AvgIpc) is 3.04. The molecule has 0 fully saturated rings. The van der Waals surface area contributed by atoms with Gasteiger partial charge in [0.2, 0.25) is 0 Å². The van der Waals surface area contributed by atoms with E-state index in [2.05, 4.69) is 41.5 Å². The van der Waals surface area contributed by atoms with Crippen LogP contribution in [0.1, 0.15) is 223 Å². The zero-order valence-corrected chi connectivity index (χ0v) is 31.7. The maximum atomic E-state index is 12.8. The summed E-state index contributed by atoms with van der Waals surface area (Å²) in [5, 5.41) is 0. The maximum absolute atomic E-state index is 12.8. The van der Waals surface area contributed by atoms with E-state index in [-0.39, 0.29) is 11.6 Å². The molecule has 0 aliphatic carbocycles. The van der Waals surface area contributed by atoms with Gasteiger partial charge in [0.25, 0.3) is 0 Å². The van der Waals surface area contributed by atoms with Gasteiger partial charge in [0.1, 0.15) is 17.1 Å². The van der Waals surface area contributed by atoms with Crippen LogP contribution in [0.15, 0.2) is 0 Å². The Bertz CT molecular complexity index is 950. The lowest BCUT2D eigenvalue weighted by molar-refractivity contribution is -0.134. The molecule has 1 aromatic rings. The molecule has 3 heteroatoms. The van der Waals surface area contributed by atoms with E-state index in [1.54, 1.807) is 0 Å². The van der Waals surface area contributed by atoms with Gasteiger partial charge < -0.3 is 9.47 Å². The number of fused-ring (bicyclic) bond motifs is 1. The molecule has 0 bridgehead atoms. The second-order valence-electron chi connectivity index (χ2n) is 15.2. The van der Waals surface area contributed by atoms with Crippen molar-refractivity contribution >= 4 is 5.97 Å². The summed E-state index contributed by atoms with van der Waals surface area (Å²) >= 11 is 0. The summed E-state index contributed by atoms with van der Waals surface area (Å²) in [4.78, 5) is 12.8. The normalized spacial score (nSPS) is 16.0. The van der Waals surface area contributed by atoms with Crippen LogP contribution in [0.2, 0.25) is 0 Å². The van der Waals surface area contributed by atoms with Gasteiger partial charge in [-0.25, -0.2) is 0 Å². The molecule has 266 valence electrons. The van der Waals surface area contributed by atoms with Crippen molar-refractivity contribution in [3.05, 3.63) is 22.3 Å². The van der Waals surface area contributed by atoms with E-state index in [0.717, 1.165) is 60.3 Å². The van der Waals surface area contributed by atoms with Crippen LogP contribution in [0.5, 0.6) is 11.5 Å². The summed E-state index contributed by atoms with van der Waals surface area (Å²) in [6.45, 7) is 13.2. The third-order valence-electron chi connectivity index (χ3n) is 10.8. The molecule has 1 aliphatic heterocycles. The monoisotopic (exact) mass is 641 g/mol. The number of carbonyl (C=O) groups is 1. The lowest BCUT2D eigenvalue weighted by Crippen LogP contribution is -2.37. The van der Waals surface area contributed by atoms with Crippen LogP contribution in [0.25, 0.3) is 0 Å². The van der Waals surface area contributed by atoms with Gasteiger partial charge in [-0.3, -0.25) is 4.79 Å². The van der Waals surface area contributed by atoms with Gasteiger partial charge in [0.15, 0.2) is 0 Å². The second kappa shape index (κ2) is 24.6. The lowest BCUT2D eigenvalue weighted by Gasteiger charge is -2.38. The van der Waals surface area contributed by atoms with E-state index in [0.29, 0.717) is 6.42 Å². The van der Waals surface area contributed by atoms with Crippen molar-refractivity contribution in [3.63, 3.8) is 0 Å². The maximum Gasteiger partial charge on any atom is 0.311 e. The topological polar surface area (TPSA) is 35.5 Å². The number of esters is 1. The van der Waals surface area contributed by atoms with E-state index in [9.17, 15) is 4.79 Å². The van der Waals surface area contributed by atoms with E-state index >= 15 is 0 Å². The first-order valence-electron chi connectivity index (χ1n) is 20.3. The molecule has 2 rings (SSSR count). The fourth-order valence-electron chi connectivity index (χ4n) is 7.40. The molecule has 0 N–H and O–H groups in total. The van der Waals surface area contributed by atoms with Crippen molar-refractivity contribution in [2.75, 3.05) is 0 Å². The van der Waals surface area contributed by atoms with Crippen molar-refractivity contribution in [2.45, 2.75) is 233 Å². The zero-order valence-electron chi connectivity index (χ0n) is 31.7. The van der Waals surface area contributed by atoms with E-state index in [1.165, 1.54) is 153 Å². The van der Waals surface area contributed by atoms with Crippen LogP contribution >= 0.6 is 0 Å².